The Morgan fingerprint density at radius 2 is 1.88 bits per heavy atom. The highest BCUT2D eigenvalue weighted by atomic mass is 16.8. The number of allylic oxidation sites excluding steroid dienone is 2. The van der Waals surface area contributed by atoms with Crippen LogP contribution in [-0.4, -0.2) is 35.0 Å². The minimum absolute atomic E-state index is 0.0272. The summed E-state index contributed by atoms with van der Waals surface area (Å²) in [5.74, 6) is -1.78. The molecule has 0 unspecified atom stereocenters. The van der Waals surface area contributed by atoms with E-state index in [1.54, 1.807) is 13.8 Å². The maximum absolute atomic E-state index is 13.2. The number of aryl methyl sites for hydroxylation is 1. The van der Waals surface area contributed by atoms with Gasteiger partial charge < -0.3 is 19.3 Å². The maximum Gasteiger partial charge on any atom is 0.339 e. The zero-order valence-corrected chi connectivity index (χ0v) is 20.0. The van der Waals surface area contributed by atoms with E-state index in [4.69, 9.17) is 19.3 Å². The van der Waals surface area contributed by atoms with Crippen molar-refractivity contribution in [2.45, 2.75) is 83.9 Å². The molecule has 0 radical (unpaired) electrons. The van der Waals surface area contributed by atoms with Crippen LogP contribution >= 0.6 is 0 Å². The summed E-state index contributed by atoms with van der Waals surface area (Å²) in [5.41, 5.74) is 2.03. The molecule has 2 aliphatic rings. The largest absolute Gasteiger partial charge is 0.481 e. The van der Waals surface area contributed by atoms with E-state index in [1.807, 2.05) is 31.2 Å². The van der Waals surface area contributed by atoms with Crippen LogP contribution in [0.2, 0.25) is 0 Å². The van der Waals surface area contributed by atoms with Gasteiger partial charge in [0.2, 0.25) is 0 Å². The van der Waals surface area contributed by atoms with E-state index in [1.165, 1.54) is 0 Å². The number of aliphatic carboxylic acids is 1. The van der Waals surface area contributed by atoms with Gasteiger partial charge in [0.25, 0.3) is 0 Å². The molecule has 6 heteroatoms. The van der Waals surface area contributed by atoms with Crippen LogP contribution in [0, 0.1) is 11.8 Å². The van der Waals surface area contributed by atoms with E-state index in [2.05, 4.69) is 31.2 Å². The van der Waals surface area contributed by atoms with Gasteiger partial charge in [-0.15, -0.1) is 0 Å². The summed E-state index contributed by atoms with van der Waals surface area (Å²) < 4.78 is 17.9. The summed E-state index contributed by atoms with van der Waals surface area (Å²) in [6, 6.07) is 8.03. The number of rotatable bonds is 6. The van der Waals surface area contributed by atoms with E-state index in [9.17, 15) is 9.59 Å². The zero-order chi connectivity index (χ0) is 24.0. The Kier molecular flexibility index (Phi) is 8.49. The van der Waals surface area contributed by atoms with Crippen molar-refractivity contribution in [3.63, 3.8) is 0 Å². The molecule has 6 nitrogen and oxygen atoms in total. The number of hydrogen-bond acceptors (Lipinski definition) is 5. The molecule has 1 aromatic rings. The van der Waals surface area contributed by atoms with Crippen molar-refractivity contribution in [2.75, 3.05) is 0 Å². The van der Waals surface area contributed by atoms with E-state index in [0.717, 1.165) is 30.4 Å². The maximum atomic E-state index is 13.2. The van der Waals surface area contributed by atoms with Gasteiger partial charge in [-0.05, 0) is 56.6 Å². The average Bonchev–Trinajstić information content (AvgIpc) is 3.07. The summed E-state index contributed by atoms with van der Waals surface area (Å²) in [7, 11) is 0. The minimum atomic E-state index is -0.864. The number of carboxylic acids is 1. The predicted octanol–water partition coefficient (Wildman–Crippen LogP) is 5.38. The van der Waals surface area contributed by atoms with Gasteiger partial charge in [-0.25, -0.2) is 4.79 Å². The molecule has 0 aromatic heterocycles. The summed E-state index contributed by atoms with van der Waals surface area (Å²) in [5, 5.41) is 8.84. The van der Waals surface area contributed by atoms with Crippen LogP contribution in [0.1, 0.15) is 70.6 Å². The minimum Gasteiger partial charge on any atom is -0.481 e. The first kappa shape index (κ1) is 25.2. The third kappa shape index (κ3) is 7.27. The van der Waals surface area contributed by atoms with Gasteiger partial charge in [0.1, 0.15) is 12.2 Å². The second kappa shape index (κ2) is 11.1. The van der Waals surface area contributed by atoms with Gasteiger partial charge in [-0.1, -0.05) is 62.4 Å². The lowest BCUT2D eigenvalue weighted by molar-refractivity contribution is -0.175. The van der Waals surface area contributed by atoms with Crippen LogP contribution in [0.25, 0.3) is 0 Å². The van der Waals surface area contributed by atoms with E-state index in [0.29, 0.717) is 12.3 Å². The summed E-state index contributed by atoms with van der Waals surface area (Å²) in [6.07, 6.45) is 9.74. The molecule has 0 amide bonds. The van der Waals surface area contributed by atoms with Crippen LogP contribution in [0.5, 0.6) is 0 Å². The molecule has 180 valence electrons. The first-order chi connectivity index (χ1) is 15.6. The fourth-order valence-electron chi connectivity index (χ4n) is 4.30. The average molecular weight is 457 g/mol. The Balaban J connectivity index is 1.83. The first-order valence-electron chi connectivity index (χ1n) is 11.9. The van der Waals surface area contributed by atoms with Crippen LogP contribution in [0.15, 0.2) is 48.6 Å². The molecule has 1 fully saturated rings. The number of cyclic esters (lactones) is 1. The standard InChI is InChI=1S/C27H36O6/c1-18-9-7-10-19(2)24(21-13-8-12-20(17-21)11-5-6-14-23(28)29)31-26(30)25-22(16-15-18)32-27(3,4)33-25/h7-8,10,12-13,15-19,22,24-25H,5-6,9,11,14H2,1-4H3,(H,28,29)/b10-7+,16-15+/t18-,19+,22-,24+,25-/m1/s1. The first-order valence-corrected chi connectivity index (χ1v) is 11.9. The second-order valence-electron chi connectivity index (χ2n) is 9.61. The lowest BCUT2D eigenvalue weighted by atomic mass is 9.93. The smallest absolute Gasteiger partial charge is 0.339 e. The van der Waals surface area contributed by atoms with Gasteiger partial charge in [0.15, 0.2) is 11.9 Å². The summed E-state index contributed by atoms with van der Waals surface area (Å²) >= 11 is 0. The number of ether oxygens (including phenoxy) is 3. The number of fused-ring (bicyclic) bond motifs is 1. The molecule has 1 N–H and O–H groups in total. The van der Waals surface area contributed by atoms with Crippen molar-refractivity contribution in [1.82, 2.24) is 0 Å². The number of carboxylic acid groups (broad SMARTS) is 1. The number of carbonyl (C=O) groups excluding carboxylic acids is 1. The lowest BCUT2D eigenvalue weighted by Gasteiger charge is -2.26. The summed E-state index contributed by atoms with van der Waals surface area (Å²) in [4.78, 5) is 24.0. The van der Waals surface area contributed by atoms with Crippen molar-refractivity contribution in [2.24, 2.45) is 11.8 Å². The van der Waals surface area contributed by atoms with Gasteiger partial charge in [-0.3, -0.25) is 4.79 Å². The van der Waals surface area contributed by atoms with E-state index in [-0.39, 0.29) is 12.3 Å². The second-order valence-corrected chi connectivity index (χ2v) is 9.61. The van der Waals surface area contributed by atoms with Gasteiger partial charge >= 0.3 is 11.9 Å². The normalized spacial score (nSPS) is 31.5. The molecule has 3 rings (SSSR count). The Labute approximate surface area is 196 Å². The Morgan fingerprint density at radius 3 is 2.64 bits per heavy atom. The van der Waals surface area contributed by atoms with Crippen LogP contribution in [-0.2, 0) is 30.2 Å². The monoisotopic (exact) mass is 456 g/mol. The highest BCUT2D eigenvalue weighted by molar-refractivity contribution is 5.76. The van der Waals surface area contributed by atoms with Crippen LogP contribution in [0.3, 0.4) is 0 Å². The lowest BCUT2D eigenvalue weighted by Crippen LogP contribution is -2.34. The number of carbonyl (C=O) groups is 2. The molecule has 1 aromatic carbocycles. The molecular formula is C27H36O6. The third-order valence-corrected chi connectivity index (χ3v) is 6.04. The van der Waals surface area contributed by atoms with Crippen molar-refractivity contribution in [1.29, 1.82) is 0 Å². The molecule has 0 bridgehead atoms. The number of esters is 1. The Bertz CT molecular complexity index is 886. The van der Waals surface area contributed by atoms with E-state index < -0.39 is 36.0 Å². The molecule has 5 atom stereocenters. The van der Waals surface area contributed by atoms with Crippen molar-refractivity contribution < 1.29 is 28.9 Å². The Hall–Kier alpha value is -2.44. The Morgan fingerprint density at radius 1 is 1.09 bits per heavy atom. The third-order valence-electron chi connectivity index (χ3n) is 6.04. The molecule has 2 heterocycles. The van der Waals surface area contributed by atoms with E-state index >= 15 is 0 Å². The SMILES string of the molecule is C[C@H]1/C=C/[C@H]2OC(C)(C)O[C@H]2C(=O)O[C@H](c2cccc(CCCCC(=O)O)c2)[C@@H](C)/C=C/C1. The summed E-state index contributed by atoms with van der Waals surface area (Å²) in [6.45, 7) is 7.79. The van der Waals surface area contributed by atoms with Crippen molar-refractivity contribution in [3.8, 4) is 0 Å². The van der Waals surface area contributed by atoms with Gasteiger partial charge in [0.05, 0.1) is 0 Å². The molecule has 0 saturated carbocycles. The molecule has 0 aliphatic carbocycles. The quantitative estimate of drug-likeness (QED) is 0.352. The molecule has 1 saturated heterocycles. The number of hydrogen-bond donors (Lipinski definition) is 1. The number of benzene rings is 1. The molecule has 2 aliphatic heterocycles. The highest BCUT2D eigenvalue weighted by Gasteiger charge is 2.46. The fourth-order valence-corrected chi connectivity index (χ4v) is 4.30. The van der Waals surface area contributed by atoms with Gasteiger partial charge in [-0.2, -0.15) is 0 Å². The highest BCUT2D eigenvalue weighted by Crippen LogP contribution is 2.34. The van der Waals surface area contributed by atoms with Gasteiger partial charge in [0, 0.05) is 12.3 Å². The van der Waals surface area contributed by atoms with Crippen molar-refractivity contribution in [3.05, 3.63) is 59.7 Å². The molecule has 33 heavy (non-hydrogen) atoms. The topological polar surface area (TPSA) is 82.1 Å². The number of unbranched alkanes of at least 4 members (excludes halogenated alkanes) is 1. The van der Waals surface area contributed by atoms with Crippen LogP contribution < -0.4 is 0 Å². The molecule has 0 spiro atoms. The molecular weight excluding hydrogens is 420 g/mol. The van der Waals surface area contributed by atoms with Crippen LogP contribution in [0.4, 0.5) is 0 Å². The fraction of sp³-hybridized carbons (Fsp3) is 0.556. The predicted molar refractivity (Wildman–Crippen MR) is 126 cm³/mol. The van der Waals surface area contributed by atoms with Crippen molar-refractivity contribution >= 4 is 11.9 Å². The zero-order valence-electron chi connectivity index (χ0n) is 20.0.